The van der Waals surface area contributed by atoms with Gasteiger partial charge in [0.2, 0.25) is 6.79 Å². The minimum absolute atomic E-state index is 0.307. The van der Waals surface area contributed by atoms with Crippen LogP contribution in [-0.2, 0) is 6.54 Å². The van der Waals surface area contributed by atoms with Gasteiger partial charge in [0.15, 0.2) is 17.5 Å². The molecule has 126 valence electrons. The summed E-state index contributed by atoms with van der Waals surface area (Å²) in [4.78, 5) is 6.73. The molecule has 1 unspecified atom stereocenters. The highest BCUT2D eigenvalue weighted by atomic mass is 16.7. The molecular weight excluding hydrogens is 292 g/mol. The van der Waals surface area contributed by atoms with E-state index in [-0.39, 0.29) is 0 Å². The van der Waals surface area contributed by atoms with E-state index >= 15 is 0 Å². The Morgan fingerprint density at radius 2 is 2.09 bits per heavy atom. The zero-order chi connectivity index (χ0) is 16.2. The fourth-order valence-electron chi connectivity index (χ4n) is 2.69. The van der Waals surface area contributed by atoms with E-state index in [4.69, 9.17) is 9.47 Å². The number of likely N-dealkylation sites (N-methyl/N-ethyl adjacent to an activating group) is 1. The predicted octanol–water partition coefficient (Wildman–Crippen LogP) is 1.56. The quantitative estimate of drug-likeness (QED) is 0.616. The first-order valence-corrected chi connectivity index (χ1v) is 8.22. The molecule has 0 saturated heterocycles. The normalized spacial score (nSPS) is 18.2. The first-order chi connectivity index (χ1) is 11.2. The highest BCUT2D eigenvalue weighted by Gasteiger charge is 2.28. The van der Waals surface area contributed by atoms with Gasteiger partial charge in [-0.15, -0.1) is 0 Å². The van der Waals surface area contributed by atoms with E-state index in [1.807, 2.05) is 18.2 Å². The fraction of sp³-hybridized carbons (Fsp3) is 0.588. The van der Waals surface area contributed by atoms with Crippen molar-refractivity contribution in [2.75, 3.05) is 27.4 Å². The van der Waals surface area contributed by atoms with Crippen molar-refractivity contribution >= 4 is 5.96 Å². The van der Waals surface area contributed by atoms with Gasteiger partial charge in [0.25, 0.3) is 0 Å². The average molecular weight is 318 g/mol. The van der Waals surface area contributed by atoms with Gasteiger partial charge in [-0.3, -0.25) is 9.89 Å². The van der Waals surface area contributed by atoms with Crippen LogP contribution in [0.1, 0.15) is 25.3 Å². The molecule has 2 N–H and O–H groups in total. The summed E-state index contributed by atoms with van der Waals surface area (Å²) in [7, 11) is 4.00. The molecule has 6 heteroatoms. The SMILES string of the molecule is CN=C(NCc1ccc2c(c1)OCO2)NCC(C)N(C)C1CC1. The van der Waals surface area contributed by atoms with Gasteiger partial charge in [-0.1, -0.05) is 6.07 Å². The summed E-state index contributed by atoms with van der Waals surface area (Å²) in [6.07, 6.45) is 2.66. The summed E-state index contributed by atoms with van der Waals surface area (Å²) in [5.74, 6) is 2.44. The van der Waals surface area contributed by atoms with Crippen LogP contribution in [0.4, 0.5) is 0 Å². The largest absolute Gasteiger partial charge is 0.454 e. The standard InChI is InChI=1S/C17H26N4O2/c1-12(21(3)14-5-6-14)9-19-17(18-2)20-10-13-4-7-15-16(8-13)23-11-22-15/h4,7-8,12,14H,5-6,9-11H2,1-3H3,(H2,18,19,20). The van der Waals surface area contributed by atoms with E-state index in [1.165, 1.54) is 12.8 Å². The van der Waals surface area contributed by atoms with Gasteiger partial charge in [-0.2, -0.15) is 0 Å². The number of ether oxygens (including phenoxy) is 2. The summed E-state index contributed by atoms with van der Waals surface area (Å²) in [6, 6.07) is 7.26. The zero-order valence-electron chi connectivity index (χ0n) is 14.1. The summed E-state index contributed by atoms with van der Waals surface area (Å²) in [5, 5.41) is 6.74. The minimum Gasteiger partial charge on any atom is -0.454 e. The first-order valence-electron chi connectivity index (χ1n) is 8.22. The van der Waals surface area contributed by atoms with Crippen molar-refractivity contribution in [1.29, 1.82) is 0 Å². The van der Waals surface area contributed by atoms with Crippen molar-refractivity contribution in [1.82, 2.24) is 15.5 Å². The van der Waals surface area contributed by atoms with E-state index in [9.17, 15) is 0 Å². The lowest BCUT2D eigenvalue weighted by Crippen LogP contribution is -2.45. The number of hydrogen-bond donors (Lipinski definition) is 2. The number of fused-ring (bicyclic) bond motifs is 1. The van der Waals surface area contributed by atoms with Gasteiger partial charge >= 0.3 is 0 Å². The maximum absolute atomic E-state index is 5.40. The second-order valence-electron chi connectivity index (χ2n) is 6.24. The van der Waals surface area contributed by atoms with E-state index in [0.717, 1.165) is 35.6 Å². The topological polar surface area (TPSA) is 58.1 Å². The van der Waals surface area contributed by atoms with E-state index in [0.29, 0.717) is 19.4 Å². The Balaban J connectivity index is 1.46. The number of guanidine groups is 1. The van der Waals surface area contributed by atoms with Crippen LogP contribution in [0.15, 0.2) is 23.2 Å². The number of benzene rings is 1. The molecule has 0 radical (unpaired) electrons. The molecule has 0 spiro atoms. The molecule has 23 heavy (non-hydrogen) atoms. The Bertz CT molecular complexity index is 572. The third kappa shape index (κ3) is 4.07. The Hall–Kier alpha value is -1.95. The van der Waals surface area contributed by atoms with E-state index < -0.39 is 0 Å². The molecule has 1 aromatic rings. The van der Waals surface area contributed by atoms with Crippen molar-refractivity contribution in [3.05, 3.63) is 23.8 Å². The molecule has 6 nitrogen and oxygen atoms in total. The van der Waals surface area contributed by atoms with Gasteiger partial charge in [-0.05, 0) is 44.5 Å². The molecule has 0 amide bonds. The third-order valence-corrected chi connectivity index (χ3v) is 4.50. The van der Waals surface area contributed by atoms with Gasteiger partial charge in [0, 0.05) is 32.2 Å². The van der Waals surface area contributed by atoms with Gasteiger partial charge in [0.05, 0.1) is 0 Å². The fourth-order valence-corrected chi connectivity index (χ4v) is 2.69. The van der Waals surface area contributed by atoms with Crippen LogP contribution in [0.3, 0.4) is 0 Å². The smallest absolute Gasteiger partial charge is 0.231 e. The molecule has 0 aromatic heterocycles. The number of nitrogens with one attached hydrogen (secondary N) is 2. The molecule has 0 bridgehead atoms. The molecule has 1 aromatic carbocycles. The summed E-state index contributed by atoms with van der Waals surface area (Å²) < 4.78 is 10.7. The minimum atomic E-state index is 0.307. The average Bonchev–Trinajstić information content (AvgIpc) is 3.31. The maximum atomic E-state index is 5.40. The Labute approximate surface area is 137 Å². The second-order valence-corrected chi connectivity index (χ2v) is 6.24. The molecule has 1 aliphatic heterocycles. The Morgan fingerprint density at radius 1 is 1.30 bits per heavy atom. The number of hydrogen-bond acceptors (Lipinski definition) is 4. The molecular formula is C17H26N4O2. The van der Waals surface area contributed by atoms with Crippen molar-refractivity contribution in [3.63, 3.8) is 0 Å². The molecule has 1 fully saturated rings. The van der Waals surface area contributed by atoms with Crippen LogP contribution >= 0.6 is 0 Å². The summed E-state index contributed by atoms with van der Waals surface area (Å²) in [5.41, 5.74) is 1.14. The van der Waals surface area contributed by atoms with Gasteiger partial charge in [0.1, 0.15) is 0 Å². The van der Waals surface area contributed by atoms with Crippen molar-refractivity contribution in [2.24, 2.45) is 4.99 Å². The zero-order valence-corrected chi connectivity index (χ0v) is 14.1. The van der Waals surface area contributed by atoms with Crippen LogP contribution in [0, 0.1) is 0 Å². The van der Waals surface area contributed by atoms with E-state index in [1.54, 1.807) is 7.05 Å². The summed E-state index contributed by atoms with van der Waals surface area (Å²) in [6.45, 7) is 4.13. The molecule has 1 aliphatic carbocycles. The van der Waals surface area contributed by atoms with Crippen LogP contribution in [0.5, 0.6) is 11.5 Å². The number of rotatable bonds is 6. The molecule has 3 rings (SSSR count). The van der Waals surface area contributed by atoms with Gasteiger partial charge < -0.3 is 20.1 Å². The van der Waals surface area contributed by atoms with Crippen LogP contribution in [0.2, 0.25) is 0 Å². The van der Waals surface area contributed by atoms with Crippen molar-refractivity contribution < 1.29 is 9.47 Å². The van der Waals surface area contributed by atoms with Crippen molar-refractivity contribution in [3.8, 4) is 11.5 Å². The monoisotopic (exact) mass is 318 g/mol. The van der Waals surface area contributed by atoms with E-state index in [2.05, 4.69) is 34.5 Å². The van der Waals surface area contributed by atoms with Crippen LogP contribution in [0.25, 0.3) is 0 Å². The number of nitrogens with zero attached hydrogens (tertiary/aromatic N) is 2. The Morgan fingerprint density at radius 3 is 2.83 bits per heavy atom. The molecule has 1 saturated carbocycles. The molecule has 1 atom stereocenters. The van der Waals surface area contributed by atoms with Crippen LogP contribution < -0.4 is 20.1 Å². The summed E-state index contributed by atoms with van der Waals surface area (Å²) >= 11 is 0. The maximum Gasteiger partial charge on any atom is 0.231 e. The first kappa shape index (κ1) is 15.9. The lowest BCUT2D eigenvalue weighted by Gasteiger charge is -2.25. The second kappa shape index (κ2) is 7.08. The highest BCUT2D eigenvalue weighted by Crippen LogP contribution is 2.32. The lowest BCUT2D eigenvalue weighted by molar-refractivity contribution is 0.174. The Kier molecular flexibility index (Phi) is 4.91. The molecule has 2 aliphatic rings. The van der Waals surface area contributed by atoms with Gasteiger partial charge in [-0.25, -0.2) is 0 Å². The highest BCUT2D eigenvalue weighted by molar-refractivity contribution is 5.79. The molecule has 1 heterocycles. The third-order valence-electron chi connectivity index (χ3n) is 4.50. The predicted molar refractivity (Wildman–Crippen MR) is 91.0 cm³/mol. The van der Waals surface area contributed by atoms with Crippen LogP contribution in [-0.4, -0.2) is 50.4 Å². The lowest BCUT2D eigenvalue weighted by atomic mass is 10.2. The van der Waals surface area contributed by atoms with Crippen molar-refractivity contribution in [2.45, 2.75) is 38.4 Å². The number of aliphatic imine (C=N–C) groups is 1.